The zero-order valence-corrected chi connectivity index (χ0v) is 9.19. The third-order valence-corrected chi connectivity index (χ3v) is 3.25. The summed E-state index contributed by atoms with van der Waals surface area (Å²) in [6.07, 6.45) is 19.5. The van der Waals surface area contributed by atoms with E-state index in [4.69, 9.17) is 0 Å². The lowest BCUT2D eigenvalue weighted by molar-refractivity contribution is 0.504. The lowest BCUT2D eigenvalue weighted by atomic mass is 10.0. The lowest BCUT2D eigenvalue weighted by Crippen LogP contribution is -1.85. The monoisotopic (exact) mass is 246 g/mol. The summed E-state index contributed by atoms with van der Waals surface area (Å²) in [5, 5.41) is 0. The molecule has 0 amide bonds. The summed E-state index contributed by atoms with van der Waals surface area (Å²) in [5.41, 5.74) is 0. The summed E-state index contributed by atoms with van der Waals surface area (Å²) in [5.74, 6) is 0. The molecule has 3 aliphatic rings. The van der Waals surface area contributed by atoms with E-state index in [0.717, 1.165) is 0 Å². The molecule has 0 radical (unpaired) electrons. The second-order valence-corrected chi connectivity index (χ2v) is 4.60. The Morgan fingerprint density at radius 3 is 0.294 bits per heavy atom. The molecular formula is C17H42. The smallest absolute Gasteiger partial charge is 0.0533 e. The van der Waals surface area contributed by atoms with Crippen molar-refractivity contribution in [1.82, 2.24) is 0 Å². The fraction of sp³-hybridized carbons (Fsp3) is 1.00. The third kappa shape index (κ3) is 18.6. The number of rotatable bonds is 0. The first kappa shape index (κ1) is 25.8. The number of hydrogen-bond acceptors (Lipinski definition) is 0. The fourth-order valence-electron chi connectivity index (χ4n) is 1.38. The van der Waals surface area contributed by atoms with Crippen LogP contribution in [0.2, 0.25) is 0 Å². The van der Waals surface area contributed by atoms with E-state index < -0.39 is 0 Å². The maximum absolute atomic E-state index is 1.50. The Balaban J connectivity index is -0.0000000671. The summed E-state index contributed by atoms with van der Waals surface area (Å²) in [4.78, 5) is 0. The van der Waals surface area contributed by atoms with Crippen molar-refractivity contribution in [3.8, 4) is 0 Å². The summed E-state index contributed by atoms with van der Waals surface area (Å²) in [7, 11) is 0. The van der Waals surface area contributed by atoms with Gasteiger partial charge in [-0.1, -0.05) is 113 Å². The minimum Gasteiger partial charge on any atom is -0.0776 e. The predicted octanol–water partition coefficient (Wildman–Crippen LogP) is 7.62. The van der Waals surface area contributed by atoms with E-state index in [2.05, 4.69) is 0 Å². The molecule has 0 aromatic rings. The highest BCUT2D eigenvalue weighted by molar-refractivity contribution is 4.51. The molecular weight excluding hydrogens is 204 g/mol. The van der Waals surface area contributed by atoms with Gasteiger partial charge in [-0.15, -0.1) is 0 Å². The quantitative estimate of drug-likeness (QED) is 0.412. The van der Waals surface area contributed by atoms with Crippen LogP contribution < -0.4 is 0 Å². The van der Waals surface area contributed by atoms with E-state index in [1.807, 2.05) is 0 Å². The predicted molar refractivity (Wildman–Crippen MR) is 86.9 cm³/mol. The average Bonchev–Trinajstić information content (AvgIpc) is 2.28. The Morgan fingerprint density at radius 1 is 0.176 bits per heavy atom. The summed E-state index contributed by atoms with van der Waals surface area (Å²) in [6, 6.07) is 0. The molecule has 3 saturated carbocycles. The van der Waals surface area contributed by atoms with Gasteiger partial charge >= 0.3 is 0 Å². The van der Waals surface area contributed by atoms with Crippen molar-refractivity contribution in [2.24, 2.45) is 0 Å². The van der Waals surface area contributed by atoms with Gasteiger partial charge < -0.3 is 0 Å². The molecule has 0 N–H and O–H groups in total. The maximum Gasteiger partial charge on any atom is -0.0533 e. The topological polar surface area (TPSA) is 0 Å². The molecule has 0 aromatic heterocycles. The Kier molecular flexibility index (Phi) is 32.3. The van der Waals surface area contributed by atoms with Crippen molar-refractivity contribution in [2.75, 3.05) is 0 Å². The van der Waals surface area contributed by atoms with Gasteiger partial charge in [0.15, 0.2) is 0 Å². The molecule has 0 aromatic carbocycles. The van der Waals surface area contributed by atoms with E-state index >= 15 is 0 Å². The van der Waals surface area contributed by atoms with Crippen molar-refractivity contribution in [1.29, 1.82) is 0 Å². The second kappa shape index (κ2) is 21.3. The molecule has 0 heteroatoms. The first-order chi connectivity index (χ1) is 6.50. The van der Waals surface area contributed by atoms with Crippen LogP contribution in [0.4, 0.5) is 0 Å². The fourth-order valence-corrected chi connectivity index (χ4v) is 1.38. The molecule has 0 heterocycles. The van der Waals surface area contributed by atoms with Gasteiger partial charge in [0.2, 0.25) is 0 Å². The molecule has 0 atom stereocenters. The van der Waals surface area contributed by atoms with Crippen LogP contribution in [0, 0.1) is 0 Å². The molecule has 0 nitrogen and oxygen atoms in total. The summed E-state index contributed by atoms with van der Waals surface area (Å²) >= 11 is 0. The van der Waals surface area contributed by atoms with E-state index in [1.165, 1.54) is 83.5 Å². The Morgan fingerprint density at radius 2 is 0.235 bits per heavy atom. The van der Waals surface area contributed by atoms with Crippen molar-refractivity contribution in [2.45, 2.75) is 113 Å². The molecule has 110 valence electrons. The van der Waals surface area contributed by atoms with Crippen LogP contribution in [0.15, 0.2) is 0 Å². The average molecular weight is 247 g/mol. The SMILES string of the molecule is C.C.C.C.C1CCC1.C1CCC1.C1CCCC1. The number of hydrogen-bond donors (Lipinski definition) is 0. The van der Waals surface area contributed by atoms with Gasteiger partial charge in [0, 0.05) is 0 Å². The first-order valence-corrected chi connectivity index (χ1v) is 6.50. The molecule has 0 spiro atoms. The molecule has 0 saturated heterocycles. The van der Waals surface area contributed by atoms with E-state index in [-0.39, 0.29) is 29.7 Å². The minimum atomic E-state index is 0. The van der Waals surface area contributed by atoms with Crippen molar-refractivity contribution in [3.05, 3.63) is 0 Å². The molecule has 3 rings (SSSR count). The third-order valence-electron chi connectivity index (χ3n) is 3.25. The standard InChI is InChI=1S/C5H10.2C4H8.4CH4/c1-2-4-5-3-1;2*1-2-4-3-1;;;;/h1-5H2;2*1-4H2;4*1H4. The first-order valence-electron chi connectivity index (χ1n) is 6.50. The lowest BCUT2D eigenvalue weighted by Gasteiger charge is -2.05. The highest BCUT2D eigenvalue weighted by atomic mass is 14.0. The van der Waals surface area contributed by atoms with Gasteiger partial charge in [-0.05, 0) is 0 Å². The van der Waals surface area contributed by atoms with E-state index in [0.29, 0.717) is 0 Å². The molecule has 0 bridgehead atoms. The molecule has 3 fully saturated rings. The van der Waals surface area contributed by atoms with Crippen LogP contribution in [0.3, 0.4) is 0 Å². The van der Waals surface area contributed by atoms with Gasteiger partial charge in [0.25, 0.3) is 0 Å². The van der Waals surface area contributed by atoms with E-state index in [9.17, 15) is 0 Å². The van der Waals surface area contributed by atoms with Crippen LogP contribution in [0.1, 0.15) is 113 Å². The maximum atomic E-state index is 1.50. The van der Waals surface area contributed by atoms with Gasteiger partial charge in [0.1, 0.15) is 0 Å². The molecule has 17 heavy (non-hydrogen) atoms. The Hall–Kier alpha value is 0. The van der Waals surface area contributed by atoms with Crippen molar-refractivity contribution >= 4 is 0 Å². The minimum absolute atomic E-state index is 0. The largest absolute Gasteiger partial charge is 0.0776 e. The Labute approximate surface area is 114 Å². The molecule has 0 unspecified atom stereocenters. The molecule has 3 aliphatic carbocycles. The van der Waals surface area contributed by atoms with Crippen molar-refractivity contribution < 1.29 is 0 Å². The van der Waals surface area contributed by atoms with Crippen LogP contribution in [0.5, 0.6) is 0 Å². The second-order valence-electron chi connectivity index (χ2n) is 4.60. The molecule has 0 aliphatic heterocycles. The van der Waals surface area contributed by atoms with Gasteiger partial charge in [0.05, 0.1) is 0 Å². The zero-order valence-electron chi connectivity index (χ0n) is 9.19. The highest BCUT2D eigenvalue weighted by Gasteiger charge is 1.96. The van der Waals surface area contributed by atoms with Crippen LogP contribution in [-0.2, 0) is 0 Å². The van der Waals surface area contributed by atoms with Gasteiger partial charge in [-0.2, -0.15) is 0 Å². The summed E-state index contributed by atoms with van der Waals surface area (Å²) in [6.45, 7) is 0. The normalized spacial score (nSPS) is 18.4. The highest BCUT2D eigenvalue weighted by Crippen LogP contribution is 2.15. The van der Waals surface area contributed by atoms with Crippen LogP contribution in [0.25, 0.3) is 0 Å². The van der Waals surface area contributed by atoms with Crippen LogP contribution in [-0.4, -0.2) is 0 Å². The van der Waals surface area contributed by atoms with Crippen molar-refractivity contribution in [3.63, 3.8) is 0 Å². The van der Waals surface area contributed by atoms with Gasteiger partial charge in [-0.25, -0.2) is 0 Å². The Bertz CT molecular complexity index is 60.6. The van der Waals surface area contributed by atoms with Crippen LogP contribution >= 0.6 is 0 Å². The zero-order chi connectivity index (χ0) is 9.19. The summed E-state index contributed by atoms with van der Waals surface area (Å²) < 4.78 is 0. The van der Waals surface area contributed by atoms with E-state index in [1.54, 1.807) is 0 Å². The van der Waals surface area contributed by atoms with Gasteiger partial charge in [-0.3, -0.25) is 0 Å².